The summed E-state index contributed by atoms with van der Waals surface area (Å²) in [6, 6.07) is 7.50. The van der Waals surface area contributed by atoms with Crippen molar-refractivity contribution in [3.8, 4) is 5.75 Å². The number of hydrogen-bond acceptors (Lipinski definition) is 4. The Morgan fingerprint density at radius 1 is 1.50 bits per heavy atom. The molecule has 1 aliphatic rings. The molecule has 2 atom stereocenters. The van der Waals surface area contributed by atoms with E-state index < -0.39 is 18.2 Å². The van der Waals surface area contributed by atoms with Gasteiger partial charge >= 0.3 is 5.97 Å². The maximum absolute atomic E-state index is 12.5. The maximum atomic E-state index is 12.5. The van der Waals surface area contributed by atoms with E-state index in [1.54, 1.807) is 0 Å². The number of hydrogen-bond donors (Lipinski definition) is 1. The summed E-state index contributed by atoms with van der Waals surface area (Å²) < 4.78 is 10.9. The molecule has 1 amide bonds. The Balaban J connectivity index is 2.03. The van der Waals surface area contributed by atoms with Crippen LogP contribution >= 0.6 is 0 Å². The van der Waals surface area contributed by atoms with Crippen molar-refractivity contribution in [1.82, 2.24) is 4.90 Å². The highest BCUT2D eigenvalue weighted by atomic mass is 16.5. The zero-order chi connectivity index (χ0) is 16.1. The zero-order valence-corrected chi connectivity index (χ0v) is 12.8. The highest BCUT2D eigenvalue weighted by molar-refractivity contribution is 5.82. The van der Waals surface area contributed by atoms with Crippen molar-refractivity contribution in [2.24, 2.45) is 0 Å². The number of carbonyl (C=O) groups is 2. The number of carboxylic acids is 1. The molecule has 0 bridgehead atoms. The van der Waals surface area contributed by atoms with Crippen LogP contribution in [0.15, 0.2) is 24.3 Å². The second-order valence-corrected chi connectivity index (χ2v) is 5.31. The molecule has 0 radical (unpaired) electrons. The van der Waals surface area contributed by atoms with Crippen LogP contribution in [0.4, 0.5) is 0 Å². The van der Waals surface area contributed by atoms with Crippen molar-refractivity contribution in [1.29, 1.82) is 0 Å². The number of nitrogens with zero attached hydrogens (tertiary/aromatic N) is 1. The van der Waals surface area contributed by atoms with E-state index in [2.05, 4.69) is 0 Å². The lowest BCUT2D eigenvalue weighted by Crippen LogP contribution is -2.52. The number of benzene rings is 1. The molecular weight excluding hydrogens is 286 g/mol. The van der Waals surface area contributed by atoms with Crippen molar-refractivity contribution in [3.05, 3.63) is 29.8 Å². The van der Waals surface area contributed by atoms with E-state index >= 15 is 0 Å². The summed E-state index contributed by atoms with van der Waals surface area (Å²) in [6.45, 7) is 4.49. The summed E-state index contributed by atoms with van der Waals surface area (Å²) in [5.41, 5.74) is 1.05. The zero-order valence-electron chi connectivity index (χ0n) is 12.8. The molecule has 22 heavy (non-hydrogen) atoms. The Morgan fingerprint density at radius 3 is 2.91 bits per heavy atom. The Morgan fingerprint density at radius 2 is 2.27 bits per heavy atom. The van der Waals surface area contributed by atoms with Crippen LogP contribution in [0.2, 0.25) is 0 Å². The molecule has 6 nitrogen and oxygen atoms in total. The Labute approximate surface area is 129 Å². The normalized spacial score (nSPS) is 19.5. The molecule has 0 unspecified atom stereocenters. The first-order valence-electron chi connectivity index (χ1n) is 7.37. The van der Waals surface area contributed by atoms with Crippen molar-refractivity contribution < 1.29 is 24.2 Å². The SMILES string of the molecule is CC[C@H](Oc1cccc(C)c1)C(=O)N1CCO[C@@H](C(=O)O)C1. The molecule has 6 heteroatoms. The summed E-state index contributed by atoms with van der Waals surface area (Å²) in [5, 5.41) is 9.01. The number of morpholine rings is 1. The molecule has 0 aromatic heterocycles. The lowest BCUT2D eigenvalue weighted by Gasteiger charge is -2.33. The number of carbonyl (C=O) groups excluding carboxylic acids is 1. The van der Waals surface area contributed by atoms with Crippen molar-refractivity contribution in [2.45, 2.75) is 32.5 Å². The quantitative estimate of drug-likeness (QED) is 0.891. The minimum atomic E-state index is -1.05. The fraction of sp³-hybridized carbons (Fsp3) is 0.500. The van der Waals surface area contributed by atoms with Crippen LogP contribution in [0.25, 0.3) is 0 Å². The van der Waals surface area contributed by atoms with Crippen LogP contribution in [0.3, 0.4) is 0 Å². The van der Waals surface area contributed by atoms with Gasteiger partial charge in [0, 0.05) is 6.54 Å². The maximum Gasteiger partial charge on any atom is 0.334 e. The van der Waals surface area contributed by atoms with E-state index in [0.29, 0.717) is 18.7 Å². The first kappa shape index (κ1) is 16.3. The van der Waals surface area contributed by atoms with Gasteiger partial charge < -0.3 is 19.5 Å². The number of ether oxygens (including phenoxy) is 2. The van der Waals surface area contributed by atoms with Gasteiger partial charge in [0.05, 0.1) is 13.2 Å². The molecule has 1 saturated heterocycles. The van der Waals surface area contributed by atoms with Gasteiger partial charge in [-0.05, 0) is 31.0 Å². The van der Waals surface area contributed by atoms with Crippen molar-refractivity contribution in [2.75, 3.05) is 19.7 Å². The van der Waals surface area contributed by atoms with Crippen LogP contribution in [0, 0.1) is 6.92 Å². The predicted octanol–water partition coefficient (Wildman–Crippen LogP) is 1.46. The summed E-state index contributed by atoms with van der Waals surface area (Å²) >= 11 is 0. The molecule has 1 heterocycles. The molecule has 0 aliphatic carbocycles. The first-order valence-corrected chi connectivity index (χ1v) is 7.37. The van der Waals surface area contributed by atoms with Gasteiger partial charge in [-0.3, -0.25) is 4.79 Å². The largest absolute Gasteiger partial charge is 0.481 e. The third kappa shape index (κ3) is 3.98. The average Bonchev–Trinajstić information content (AvgIpc) is 2.52. The van der Waals surface area contributed by atoms with Crippen LogP contribution in [-0.2, 0) is 14.3 Å². The molecule has 1 aromatic carbocycles. The molecular formula is C16H21NO5. The second-order valence-electron chi connectivity index (χ2n) is 5.31. The smallest absolute Gasteiger partial charge is 0.334 e. The van der Waals surface area contributed by atoms with Gasteiger partial charge in [0.15, 0.2) is 12.2 Å². The fourth-order valence-corrected chi connectivity index (χ4v) is 2.36. The number of aliphatic carboxylic acids is 1. The molecule has 1 aliphatic heterocycles. The van der Waals surface area contributed by atoms with Gasteiger partial charge in [-0.2, -0.15) is 0 Å². The van der Waals surface area contributed by atoms with E-state index in [0.717, 1.165) is 5.56 Å². The summed E-state index contributed by atoms with van der Waals surface area (Å²) in [7, 11) is 0. The fourth-order valence-electron chi connectivity index (χ4n) is 2.36. The van der Waals surface area contributed by atoms with E-state index in [4.69, 9.17) is 14.6 Å². The minimum absolute atomic E-state index is 0.0574. The predicted molar refractivity (Wildman–Crippen MR) is 79.8 cm³/mol. The standard InChI is InChI=1S/C16H21NO5/c1-3-13(22-12-6-4-5-11(2)9-12)15(18)17-7-8-21-14(10-17)16(19)20/h4-6,9,13-14H,3,7-8,10H2,1-2H3,(H,19,20)/t13-,14+/m0/s1. The van der Waals surface area contributed by atoms with Crippen LogP contribution in [0.1, 0.15) is 18.9 Å². The second kappa shape index (κ2) is 7.26. The Kier molecular flexibility index (Phi) is 5.38. The number of carboxylic acid groups (broad SMARTS) is 1. The average molecular weight is 307 g/mol. The van der Waals surface area contributed by atoms with E-state index in [-0.39, 0.29) is 19.1 Å². The lowest BCUT2D eigenvalue weighted by atomic mass is 10.2. The van der Waals surface area contributed by atoms with E-state index in [1.807, 2.05) is 38.1 Å². The van der Waals surface area contributed by atoms with Gasteiger partial charge in [0.2, 0.25) is 0 Å². The van der Waals surface area contributed by atoms with Crippen LogP contribution in [0.5, 0.6) is 5.75 Å². The number of amides is 1. The number of rotatable bonds is 5. The number of aryl methyl sites for hydroxylation is 1. The topological polar surface area (TPSA) is 76.1 Å². The van der Waals surface area contributed by atoms with Gasteiger partial charge in [0.25, 0.3) is 5.91 Å². The molecule has 0 saturated carbocycles. The third-order valence-corrected chi connectivity index (χ3v) is 3.57. The van der Waals surface area contributed by atoms with Gasteiger partial charge in [-0.1, -0.05) is 19.1 Å². The van der Waals surface area contributed by atoms with Crippen LogP contribution in [-0.4, -0.2) is 53.8 Å². The monoisotopic (exact) mass is 307 g/mol. The molecule has 1 fully saturated rings. The highest BCUT2D eigenvalue weighted by Crippen LogP contribution is 2.17. The van der Waals surface area contributed by atoms with Crippen molar-refractivity contribution >= 4 is 11.9 Å². The van der Waals surface area contributed by atoms with Gasteiger partial charge in [-0.25, -0.2) is 4.79 Å². The molecule has 2 rings (SSSR count). The van der Waals surface area contributed by atoms with Gasteiger partial charge in [0.1, 0.15) is 5.75 Å². The van der Waals surface area contributed by atoms with Crippen molar-refractivity contribution in [3.63, 3.8) is 0 Å². The third-order valence-electron chi connectivity index (χ3n) is 3.57. The molecule has 1 aromatic rings. The van der Waals surface area contributed by atoms with E-state index in [9.17, 15) is 9.59 Å². The summed E-state index contributed by atoms with van der Waals surface area (Å²) in [4.78, 5) is 25.0. The molecule has 120 valence electrons. The summed E-state index contributed by atoms with van der Waals surface area (Å²) in [6.07, 6.45) is -1.06. The molecule has 1 N–H and O–H groups in total. The van der Waals surface area contributed by atoms with Crippen LogP contribution < -0.4 is 4.74 Å². The van der Waals surface area contributed by atoms with E-state index in [1.165, 1.54) is 4.90 Å². The molecule has 0 spiro atoms. The van der Waals surface area contributed by atoms with Gasteiger partial charge in [-0.15, -0.1) is 0 Å². The highest BCUT2D eigenvalue weighted by Gasteiger charge is 2.32. The minimum Gasteiger partial charge on any atom is -0.481 e. The lowest BCUT2D eigenvalue weighted by molar-refractivity contribution is -0.161. The first-order chi connectivity index (χ1) is 10.5. The Hall–Kier alpha value is -2.08. The summed E-state index contributed by atoms with van der Waals surface area (Å²) in [5.74, 6) is -0.605. The Bertz CT molecular complexity index is 545.